The van der Waals surface area contributed by atoms with Crippen LogP contribution < -0.4 is 5.32 Å². The molecule has 0 radical (unpaired) electrons. The van der Waals surface area contributed by atoms with Crippen molar-refractivity contribution in [2.45, 2.75) is 52.5 Å². The maximum atomic E-state index is 12.3. The van der Waals surface area contributed by atoms with Crippen LogP contribution in [0.5, 0.6) is 0 Å². The minimum atomic E-state index is -0.965. The van der Waals surface area contributed by atoms with Crippen LogP contribution in [-0.2, 0) is 4.79 Å². The van der Waals surface area contributed by atoms with Gasteiger partial charge in [-0.2, -0.15) is 0 Å². The first-order valence-electron chi connectivity index (χ1n) is 6.85. The van der Waals surface area contributed by atoms with Crippen molar-refractivity contribution >= 4 is 23.2 Å². The molecule has 0 aliphatic heterocycles. The number of aromatic nitrogens is 1. The number of carbonyl (C=O) groups is 2. The zero-order valence-corrected chi connectivity index (χ0v) is 12.8. The van der Waals surface area contributed by atoms with Crippen molar-refractivity contribution < 1.29 is 14.7 Å². The number of thiazole rings is 1. The molecule has 1 amide bonds. The largest absolute Gasteiger partial charge is 0.477 e. The second-order valence-corrected chi connectivity index (χ2v) is 6.77. The molecular weight excluding hydrogens is 276 g/mol. The fourth-order valence-corrected chi connectivity index (χ4v) is 3.52. The Labute approximate surface area is 122 Å². The number of carbonyl (C=O) groups excluding carboxylic acids is 1. The van der Waals surface area contributed by atoms with E-state index >= 15 is 0 Å². The highest BCUT2D eigenvalue weighted by atomic mass is 32.1. The van der Waals surface area contributed by atoms with Crippen LogP contribution in [0.1, 0.15) is 65.9 Å². The molecule has 1 aliphatic carbocycles. The molecular formula is C14H20N2O3S. The molecule has 1 fully saturated rings. The topological polar surface area (TPSA) is 79.3 Å². The molecule has 1 unspecified atom stereocenters. The van der Waals surface area contributed by atoms with Gasteiger partial charge in [-0.25, -0.2) is 9.78 Å². The van der Waals surface area contributed by atoms with Crippen LogP contribution in [0.2, 0.25) is 0 Å². The van der Waals surface area contributed by atoms with E-state index in [9.17, 15) is 9.59 Å². The summed E-state index contributed by atoms with van der Waals surface area (Å²) >= 11 is 1.13. The fraction of sp³-hybridized carbons (Fsp3) is 0.643. The predicted octanol–water partition coefficient (Wildman–Crippen LogP) is 2.91. The van der Waals surface area contributed by atoms with Crippen molar-refractivity contribution in [1.29, 1.82) is 0 Å². The normalized spacial score (nSPS) is 18.8. The van der Waals surface area contributed by atoms with E-state index in [0.717, 1.165) is 37.0 Å². The summed E-state index contributed by atoms with van der Waals surface area (Å²) < 4.78 is 0. The minimum Gasteiger partial charge on any atom is -0.477 e. The van der Waals surface area contributed by atoms with E-state index in [4.69, 9.17) is 5.11 Å². The first-order valence-corrected chi connectivity index (χ1v) is 7.67. The number of nitrogens with one attached hydrogen (secondary N) is 1. The van der Waals surface area contributed by atoms with Gasteiger partial charge in [-0.15, -0.1) is 11.3 Å². The molecule has 1 aliphatic rings. The number of nitrogens with zero attached hydrogens (tertiary/aromatic N) is 1. The van der Waals surface area contributed by atoms with Gasteiger partial charge in [-0.05, 0) is 26.7 Å². The van der Waals surface area contributed by atoms with Crippen LogP contribution in [0.25, 0.3) is 0 Å². The molecule has 1 atom stereocenters. The zero-order chi connectivity index (χ0) is 14.9. The summed E-state index contributed by atoms with van der Waals surface area (Å²) in [5.74, 6) is -0.917. The SMILES string of the molecule is Cc1nc(C(C)NC(=O)C2(C)CCCC2)sc1C(=O)O. The lowest BCUT2D eigenvalue weighted by molar-refractivity contribution is -0.130. The number of hydrogen-bond acceptors (Lipinski definition) is 4. The molecule has 5 nitrogen and oxygen atoms in total. The van der Waals surface area contributed by atoms with Crippen LogP contribution in [0.3, 0.4) is 0 Å². The molecule has 1 heterocycles. The summed E-state index contributed by atoms with van der Waals surface area (Å²) in [6, 6.07) is -0.253. The van der Waals surface area contributed by atoms with Gasteiger partial charge in [0.25, 0.3) is 0 Å². The van der Waals surface area contributed by atoms with E-state index in [1.54, 1.807) is 6.92 Å². The Kier molecular flexibility index (Phi) is 4.13. The fourth-order valence-electron chi connectivity index (χ4n) is 2.62. The third kappa shape index (κ3) is 2.85. The van der Waals surface area contributed by atoms with E-state index in [1.807, 2.05) is 13.8 Å². The van der Waals surface area contributed by atoms with Gasteiger partial charge >= 0.3 is 5.97 Å². The van der Waals surface area contributed by atoms with E-state index < -0.39 is 5.97 Å². The van der Waals surface area contributed by atoms with Crippen LogP contribution in [0.15, 0.2) is 0 Å². The summed E-state index contributed by atoms with van der Waals surface area (Å²) in [5.41, 5.74) is 0.224. The Bertz CT molecular complexity index is 533. The smallest absolute Gasteiger partial charge is 0.347 e. The van der Waals surface area contributed by atoms with Crippen LogP contribution in [0, 0.1) is 12.3 Å². The van der Waals surface area contributed by atoms with Crippen molar-refractivity contribution in [3.63, 3.8) is 0 Å². The lowest BCUT2D eigenvalue weighted by Gasteiger charge is -2.24. The molecule has 0 bridgehead atoms. The Morgan fingerprint density at radius 3 is 2.50 bits per heavy atom. The first kappa shape index (κ1) is 15.0. The van der Waals surface area contributed by atoms with Crippen molar-refractivity contribution in [2.24, 2.45) is 5.41 Å². The average Bonchev–Trinajstić information content (AvgIpc) is 2.96. The van der Waals surface area contributed by atoms with E-state index in [2.05, 4.69) is 10.3 Å². The average molecular weight is 296 g/mol. The van der Waals surface area contributed by atoms with Gasteiger partial charge in [-0.3, -0.25) is 4.79 Å². The van der Waals surface area contributed by atoms with Gasteiger partial charge in [0.15, 0.2) is 0 Å². The maximum Gasteiger partial charge on any atom is 0.347 e. The Hall–Kier alpha value is -1.43. The van der Waals surface area contributed by atoms with Gasteiger partial charge in [0.05, 0.1) is 11.7 Å². The molecule has 0 saturated heterocycles. The van der Waals surface area contributed by atoms with Gasteiger partial charge in [-0.1, -0.05) is 19.8 Å². The summed E-state index contributed by atoms with van der Waals surface area (Å²) in [4.78, 5) is 27.8. The van der Waals surface area contributed by atoms with Crippen molar-refractivity contribution in [3.8, 4) is 0 Å². The van der Waals surface area contributed by atoms with Crippen molar-refractivity contribution in [2.75, 3.05) is 0 Å². The summed E-state index contributed by atoms with van der Waals surface area (Å²) in [6.07, 6.45) is 4.03. The molecule has 2 rings (SSSR count). The lowest BCUT2D eigenvalue weighted by Crippen LogP contribution is -2.38. The summed E-state index contributed by atoms with van der Waals surface area (Å²) in [6.45, 7) is 5.52. The molecule has 0 spiro atoms. The maximum absolute atomic E-state index is 12.3. The van der Waals surface area contributed by atoms with E-state index in [-0.39, 0.29) is 22.2 Å². The number of carboxylic acid groups (broad SMARTS) is 1. The standard InChI is InChI=1S/C14H20N2O3S/c1-8-10(12(17)18)20-11(15-8)9(2)16-13(19)14(3)6-4-5-7-14/h9H,4-7H2,1-3H3,(H,16,19)(H,17,18). The number of aryl methyl sites for hydroxylation is 1. The molecule has 1 aromatic rings. The number of carboxylic acids is 1. The number of hydrogen-bond donors (Lipinski definition) is 2. The van der Waals surface area contributed by atoms with Crippen molar-refractivity contribution in [3.05, 3.63) is 15.6 Å². The van der Waals surface area contributed by atoms with Crippen LogP contribution in [-0.4, -0.2) is 22.0 Å². The summed E-state index contributed by atoms with van der Waals surface area (Å²) in [7, 11) is 0. The number of rotatable bonds is 4. The monoisotopic (exact) mass is 296 g/mol. The predicted molar refractivity (Wildman–Crippen MR) is 76.9 cm³/mol. The number of amides is 1. The molecule has 1 saturated carbocycles. The van der Waals surface area contributed by atoms with Gasteiger partial charge < -0.3 is 10.4 Å². The Morgan fingerprint density at radius 2 is 2.00 bits per heavy atom. The molecule has 1 aromatic heterocycles. The second kappa shape index (κ2) is 5.52. The third-order valence-electron chi connectivity index (χ3n) is 3.98. The highest BCUT2D eigenvalue weighted by Crippen LogP contribution is 2.38. The molecule has 20 heavy (non-hydrogen) atoms. The number of aromatic carboxylic acids is 1. The third-order valence-corrected chi connectivity index (χ3v) is 5.31. The highest BCUT2D eigenvalue weighted by molar-refractivity contribution is 7.13. The van der Waals surface area contributed by atoms with E-state index in [0.29, 0.717) is 10.7 Å². The first-order chi connectivity index (χ1) is 9.33. The molecule has 6 heteroatoms. The Morgan fingerprint density at radius 1 is 1.40 bits per heavy atom. The van der Waals surface area contributed by atoms with Crippen molar-refractivity contribution in [1.82, 2.24) is 10.3 Å². The second-order valence-electron chi connectivity index (χ2n) is 5.73. The van der Waals surface area contributed by atoms with Crippen LogP contribution >= 0.6 is 11.3 Å². The molecule has 0 aromatic carbocycles. The molecule has 110 valence electrons. The Balaban J connectivity index is 2.08. The van der Waals surface area contributed by atoms with Crippen LogP contribution in [0.4, 0.5) is 0 Å². The minimum absolute atomic E-state index is 0.0484. The van der Waals surface area contributed by atoms with Gasteiger partial charge in [0.2, 0.25) is 5.91 Å². The highest BCUT2D eigenvalue weighted by Gasteiger charge is 2.37. The quantitative estimate of drug-likeness (QED) is 0.895. The van der Waals surface area contributed by atoms with Gasteiger partial charge in [0, 0.05) is 5.41 Å². The van der Waals surface area contributed by atoms with E-state index in [1.165, 1.54) is 0 Å². The summed E-state index contributed by atoms with van der Waals surface area (Å²) in [5, 5.41) is 12.7. The van der Waals surface area contributed by atoms with Gasteiger partial charge in [0.1, 0.15) is 9.88 Å². The molecule has 2 N–H and O–H groups in total. The zero-order valence-electron chi connectivity index (χ0n) is 12.0. The lowest BCUT2D eigenvalue weighted by atomic mass is 9.87.